The number of ether oxygens (including phenoxy) is 3. The zero-order chi connectivity index (χ0) is 22.4. The van der Waals surface area contributed by atoms with Crippen molar-refractivity contribution in [3.63, 3.8) is 0 Å². The topological polar surface area (TPSA) is 95.0 Å². The Hall–Kier alpha value is -4.05. The predicted molar refractivity (Wildman–Crippen MR) is 112 cm³/mol. The predicted octanol–water partition coefficient (Wildman–Crippen LogP) is 4.45. The van der Waals surface area contributed by atoms with E-state index < -0.39 is 5.97 Å². The molecule has 3 aromatic rings. The minimum Gasteiger partial charge on any atom is -0.507 e. The molecule has 0 saturated heterocycles. The Bertz CT molecular complexity index is 1090. The lowest BCUT2D eigenvalue weighted by molar-refractivity contribution is 0.0600. The van der Waals surface area contributed by atoms with E-state index in [-0.39, 0.29) is 29.6 Å². The molecular formula is C24H21NO6. The average molecular weight is 419 g/mol. The van der Waals surface area contributed by atoms with Crippen LogP contribution in [0, 0.1) is 19.1 Å². The summed E-state index contributed by atoms with van der Waals surface area (Å²) in [5, 5.41) is 10.3. The molecule has 2 aromatic carbocycles. The second kappa shape index (κ2) is 9.63. The van der Waals surface area contributed by atoms with Gasteiger partial charge in [0, 0.05) is 29.8 Å². The van der Waals surface area contributed by atoms with Crippen LogP contribution in [0.2, 0.25) is 0 Å². The summed E-state index contributed by atoms with van der Waals surface area (Å²) in [5.74, 6) is 0.459. The Morgan fingerprint density at radius 3 is 2.68 bits per heavy atom. The molecule has 0 fully saturated rings. The fourth-order valence-electron chi connectivity index (χ4n) is 2.79. The highest BCUT2D eigenvalue weighted by Gasteiger charge is 2.15. The van der Waals surface area contributed by atoms with E-state index in [9.17, 15) is 14.7 Å². The van der Waals surface area contributed by atoms with Crippen molar-refractivity contribution in [1.29, 1.82) is 0 Å². The van der Waals surface area contributed by atoms with E-state index in [0.717, 1.165) is 5.56 Å². The number of esters is 1. The van der Waals surface area contributed by atoms with E-state index in [4.69, 9.17) is 9.47 Å². The molecule has 0 aliphatic heterocycles. The molecule has 0 bridgehead atoms. The second-order valence-corrected chi connectivity index (χ2v) is 6.63. The number of aromatic hydroxyl groups is 1. The Kier molecular flexibility index (Phi) is 6.73. The molecule has 0 unspecified atom stereocenters. The van der Waals surface area contributed by atoms with Crippen molar-refractivity contribution in [2.45, 2.75) is 26.9 Å². The third-order valence-electron chi connectivity index (χ3n) is 4.54. The van der Waals surface area contributed by atoms with Gasteiger partial charge in [0.1, 0.15) is 18.1 Å². The van der Waals surface area contributed by atoms with Gasteiger partial charge in [0.05, 0.1) is 18.2 Å². The number of carbonyl (C=O) groups excluding carboxylic acids is 2. The highest BCUT2D eigenvalue weighted by Crippen LogP contribution is 2.32. The largest absolute Gasteiger partial charge is 0.507 e. The molecule has 0 atom stereocenters. The van der Waals surface area contributed by atoms with E-state index in [0.29, 0.717) is 29.0 Å². The van der Waals surface area contributed by atoms with Crippen LogP contribution in [0.5, 0.6) is 23.1 Å². The van der Waals surface area contributed by atoms with Gasteiger partial charge in [0.25, 0.3) is 0 Å². The third-order valence-corrected chi connectivity index (χ3v) is 4.54. The number of hydrogen-bond donors (Lipinski definition) is 1. The first-order chi connectivity index (χ1) is 14.9. The van der Waals surface area contributed by atoms with E-state index >= 15 is 0 Å². The highest BCUT2D eigenvalue weighted by atomic mass is 16.5. The van der Waals surface area contributed by atoms with Crippen LogP contribution in [0.4, 0.5) is 0 Å². The normalized spacial score (nSPS) is 10.2. The molecule has 0 aliphatic carbocycles. The standard InChI is InChI=1S/C24H21NO6/c1-4-20(26)19-9-10-21(15(2)23(19)27)30-14-16-6-5-7-18(12-16)31-22-11-8-17(13-25-22)24(28)29-3/h6,8-13,27H,4,14H2,1-3H3. The first kappa shape index (κ1) is 21.7. The molecule has 1 aromatic heterocycles. The molecule has 31 heavy (non-hydrogen) atoms. The molecule has 0 amide bonds. The SMILES string of the molecule is CCC(=O)c1ccc(OCc2cc#cc(Oc3ccc(C(=O)OC)cn3)c2)c(C)c1O. The zero-order valence-corrected chi connectivity index (χ0v) is 17.4. The summed E-state index contributed by atoms with van der Waals surface area (Å²) in [7, 11) is 1.30. The minimum atomic E-state index is -0.480. The first-order valence-electron chi connectivity index (χ1n) is 9.56. The molecular weight excluding hydrogens is 398 g/mol. The van der Waals surface area contributed by atoms with Gasteiger partial charge in [0.2, 0.25) is 5.88 Å². The monoisotopic (exact) mass is 419 g/mol. The number of nitrogens with zero attached hydrogens (tertiary/aromatic N) is 1. The number of carbonyl (C=O) groups is 2. The van der Waals surface area contributed by atoms with Gasteiger partial charge < -0.3 is 19.3 Å². The van der Waals surface area contributed by atoms with Crippen LogP contribution in [0.1, 0.15) is 45.2 Å². The van der Waals surface area contributed by atoms with Crippen molar-refractivity contribution in [3.05, 3.63) is 77.0 Å². The lowest BCUT2D eigenvalue weighted by Gasteiger charge is -2.12. The summed E-state index contributed by atoms with van der Waals surface area (Å²) in [5.41, 5.74) is 1.86. The van der Waals surface area contributed by atoms with Gasteiger partial charge in [-0.15, -0.1) is 0 Å². The number of phenols is 1. The Morgan fingerprint density at radius 1 is 1.19 bits per heavy atom. The van der Waals surface area contributed by atoms with Crippen LogP contribution < -0.4 is 9.47 Å². The maximum absolute atomic E-state index is 11.9. The van der Waals surface area contributed by atoms with Gasteiger partial charge >= 0.3 is 5.97 Å². The fraction of sp³-hybridized carbons (Fsp3) is 0.208. The lowest BCUT2D eigenvalue weighted by atomic mass is 10.0. The minimum absolute atomic E-state index is 0.0668. The number of aromatic nitrogens is 1. The summed E-state index contributed by atoms with van der Waals surface area (Å²) in [6, 6.07) is 15.4. The van der Waals surface area contributed by atoms with Crippen molar-refractivity contribution in [2.24, 2.45) is 0 Å². The van der Waals surface area contributed by atoms with Crippen molar-refractivity contribution in [3.8, 4) is 23.1 Å². The molecule has 7 heteroatoms. The molecule has 0 saturated carbocycles. The van der Waals surface area contributed by atoms with Gasteiger partial charge in [-0.1, -0.05) is 13.0 Å². The molecule has 1 heterocycles. The van der Waals surface area contributed by atoms with Crippen LogP contribution in [0.25, 0.3) is 0 Å². The van der Waals surface area contributed by atoms with E-state index in [1.54, 1.807) is 50.2 Å². The molecule has 0 spiro atoms. The van der Waals surface area contributed by atoms with E-state index in [1.807, 2.05) is 0 Å². The number of pyridine rings is 1. The molecule has 0 radical (unpaired) electrons. The Labute approximate surface area is 180 Å². The number of methoxy groups -OCH3 is 1. The molecule has 158 valence electrons. The summed E-state index contributed by atoms with van der Waals surface area (Å²) in [6.07, 6.45) is 1.67. The van der Waals surface area contributed by atoms with Gasteiger partial charge in [-0.25, -0.2) is 9.78 Å². The fourth-order valence-corrected chi connectivity index (χ4v) is 2.79. The highest BCUT2D eigenvalue weighted by molar-refractivity contribution is 5.99. The molecule has 0 aliphatic rings. The van der Waals surface area contributed by atoms with Crippen LogP contribution >= 0.6 is 0 Å². The average Bonchev–Trinajstić information content (AvgIpc) is 2.80. The number of ketones is 1. The summed E-state index contributed by atoms with van der Waals surface area (Å²) < 4.78 is 16.1. The third kappa shape index (κ3) is 5.11. The summed E-state index contributed by atoms with van der Waals surface area (Å²) >= 11 is 0. The van der Waals surface area contributed by atoms with Crippen LogP contribution in [0.15, 0.2) is 42.6 Å². The van der Waals surface area contributed by atoms with Crippen molar-refractivity contribution in [2.75, 3.05) is 7.11 Å². The molecule has 7 nitrogen and oxygen atoms in total. The zero-order valence-electron chi connectivity index (χ0n) is 17.4. The maximum Gasteiger partial charge on any atom is 0.339 e. The van der Waals surface area contributed by atoms with Gasteiger partial charge in [-0.2, -0.15) is 0 Å². The first-order valence-corrected chi connectivity index (χ1v) is 9.56. The quantitative estimate of drug-likeness (QED) is 0.426. The van der Waals surface area contributed by atoms with Crippen LogP contribution in [0.3, 0.4) is 0 Å². The van der Waals surface area contributed by atoms with Crippen molar-refractivity contribution >= 4 is 11.8 Å². The summed E-state index contributed by atoms with van der Waals surface area (Å²) in [6.45, 7) is 3.63. The van der Waals surface area contributed by atoms with Gasteiger partial charge in [0.15, 0.2) is 11.5 Å². The van der Waals surface area contributed by atoms with Crippen LogP contribution in [-0.2, 0) is 11.3 Å². The summed E-state index contributed by atoms with van der Waals surface area (Å²) in [4.78, 5) is 27.4. The molecule has 1 N–H and O–H groups in total. The van der Waals surface area contributed by atoms with Crippen molar-refractivity contribution < 1.29 is 28.9 Å². The Morgan fingerprint density at radius 2 is 2.00 bits per heavy atom. The number of benzene rings is 1. The number of rotatable bonds is 8. The maximum atomic E-state index is 11.9. The Balaban J connectivity index is 1.68. The smallest absolute Gasteiger partial charge is 0.339 e. The lowest BCUT2D eigenvalue weighted by Crippen LogP contribution is -2.02. The second-order valence-electron chi connectivity index (χ2n) is 6.63. The van der Waals surface area contributed by atoms with Gasteiger partial charge in [-0.05, 0) is 43.3 Å². The number of phenolic OH excluding ortho intramolecular Hbond substituents is 1. The van der Waals surface area contributed by atoms with E-state index in [1.165, 1.54) is 13.3 Å². The number of Topliss-reactive ketones (excluding diaryl/α,β-unsaturated/α-hetero) is 1. The molecule has 3 rings (SSSR count). The number of hydrogen-bond acceptors (Lipinski definition) is 7. The van der Waals surface area contributed by atoms with E-state index in [2.05, 4.69) is 21.9 Å². The van der Waals surface area contributed by atoms with Crippen molar-refractivity contribution in [1.82, 2.24) is 4.98 Å². The van der Waals surface area contributed by atoms with Gasteiger partial charge in [-0.3, -0.25) is 4.79 Å². The van der Waals surface area contributed by atoms with Crippen LogP contribution in [-0.4, -0.2) is 29.0 Å².